The fourth-order valence-corrected chi connectivity index (χ4v) is 3.51. The molecule has 2 N–H and O–H groups in total. The van der Waals surface area contributed by atoms with Crippen molar-refractivity contribution in [2.45, 2.75) is 32.1 Å². The fourth-order valence-electron chi connectivity index (χ4n) is 3.51. The van der Waals surface area contributed by atoms with Gasteiger partial charge in [0, 0.05) is 39.8 Å². The van der Waals surface area contributed by atoms with Gasteiger partial charge in [-0.3, -0.25) is 9.69 Å². The lowest BCUT2D eigenvalue weighted by Crippen LogP contribution is -2.47. The van der Waals surface area contributed by atoms with E-state index in [1.165, 1.54) is 0 Å². The molecule has 2 aliphatic rings. The van der Waals surface area contributed by atoms with Gasteiger partial charge in [0.1, 0.15) is 0 Å². The van der Waals surface area contributed by atoms with Crippen molar-refractivity contribution in [1.29, 1.82) is 0 Å². The summed E-state index contributed by atoms with van der Waals surface area (Å²) in [5, 5.41) is 0. The van der Waals surface area contributed by atoms with Crippen LogP contribution in [0.4, 0.5) is 0 Å². The van der Waals surface area contributed by atoms with Crippen LogP contribution >= 0.6 is 12.4 Å². The van der Waals surface area contributed by atoms with Crippen LogP contribution in [0.2, 0.25) is 0 Å². The third kappa shape index (κ3) is 4.55. The molecule has 124 valence electrons. The molecule has 5 nitrogen and oxygen atoms in total. The summed E-state index contributed by atoms with van der Waals surface area (Å²) in [4.78, 5) is 17.3. The third-order valence-corrected chi connectivity index (χ3v) is 4.89. The van der Waals surface area contributed by atoms with E-state index in [2.05, 4.69) is 9.80 Å². The minimum atomic E-state index is -0.248. The first-order valence-electron chi connectivity index (χ1n) is 7.92. The summed E-state index contributed by atoms with van der Waals surface area (Å²) < 4.78 is 5.14. The quantitative estimate of drug-likeness (QED) is 0.824. The number of ether oxygens (including phenoxy) is 1. The highest BCUT2D eigenvalue weighted by Gasteiger charge is 2.42. The highest BCUT2D eigenvalue weighted by atomic mass is 35.5. The number of halogens is 1. The van der Waals surface area contributed by atoms with Crippen LogP contribution in [0, 0.1) is 5.41 Å². The molecule has 1 amide bonds. The molecule has 0 bridgehead atoms. The van der Waals surface area contributed by atoms with Gasteiger partial charge in [-0.1, -0.05) is 12.8 Å². The summed E-state index contributed by atoms with van der Waals surface area (Å²) in [7, 11) is 1.73. The molecule has 0 atom stereocenters. The van der Waals surface area contributed by atoms with Gasteiger partial charge in [-0.25, -0.2) is 0 Å². The van der Waals surface area contributed by atoms with Crippen molar-refractivity contribution in [1.82, 2.24) is 9.80 Å². The zero-order valence-electron chi connectivity index (χ0n) is 13.2. The monoisotopic (exact) mass is 319 g/mol. The second-order valence-corrected chi connectivity index (χ2v) is 6.17. The van der Waals surface area contributed by atoms with Gasteiger partial charge in [-0.15, -0.1) is 12.4 Å². The summed E-state index contributed by atoms with van der Waals surface area (Å²) in [6.07, 6.45) is 5.31. The first-order chi connectivity index (χ1) is 9.72. The van der Waals surface area contributed by atoms with Crippen LogP contribution in [0.5, 0.6) is 0 Å². The molecule has 0 aromatic carbocycles. The summed E-state index contributed by atoms with van der Waals surface area (Å²) >= 11 is 0. The molecule has 0 aromatic heterocycles. The van der Waals surface area contributed by atoms with Gasteiger partial charge in [-0.2, -0.15) is 0 Å². The van der Waals surface area contributed by atoms with E-state index in [0.29, 0.717) is 12.5 Å². The summed E-state index contributed by atoms with van der Waals surface area (Å²) in [5.74, 6) is 0.311. The number of nitrogens with zero attached hydrogens (tertiary/aromatic N) is 2. The van der Waals surface area contributed by atoms with Crippen molar-refractivity contribution in [2.75, 3.05) is 53.0 Å². The second kappa shape index (κ2) is 8.93. The first kappa shape index (κ1) is 18.7. The van der Waals surface area contributed by atoms with Gasteiger partial charge >= 0.3 is 0 Å². The molecule has 2 rings (SSSR count). The Bertz CT molecular complexity index is 322. The lowest BCUT2D eigenvalue weighted by molar-refractivity contribution is -0.141. The number of rotatable bonds is 5. The number of amides is 1. The Labute approximate surface area is 134 Å². The molecular formula is C15H30ClN3O2. The SMILES string of the molecule is COCCN1CCCN(C(=O)C2(CN)CCCC2)CC1.Cl. The predicted octanol–water partition coefficient (Wildman–Crippen LogP) is 1.11. The number of hydrogen-bond acceptors (Lipinski definition) is 4. The van der Waals surface area contributed by atoms with Crippen molar-refractivity contribution in [2.24, 2.45) is 11.1 Å². The Kier molecular flexibility index (Phi) is 7.95. The van der Waals surface area contributed by atoms with Crippen LogP contribution in [0.1, 0.15) is 32.1 Å². The van der Waals surface area contributed by atoms with Gasteiger partial charge in [0.15, 0.2) is 0 Å². The molecule has 0 aromatic rings. The maximum atomic E-state index is 12.8. The standard InChI is InChI=1S/C15H29N3O2.ClH/c1-20-12-11-17-7-4-8-18(10-9-17)14(19)15(13-16)5-2-3-6-15;/h2-13,16H2,1H3;1H. The third-order valence-electron chi connectivity index (χ3n) is 4.89. The van der Waals surface area contributed by atoms with E-state index in [-0.39, 0.29) is 17.8 Å². The zero-order chi connectivity index (χ0) is 14.4. The van der Waals surface area contributed by atoms with E-state index in [1.807, 2.05) is 0 Å². The Morgan fingerprint density at radius 3 is 2.48 bits per heavy atom. The number of methoxy groups -OCH3 is 1. The van der Waals surface area contributed by atoms with Crippen molar-refractivity contribution < 1.29 is 9.53 Å². The molecule has 1 saturated carbocycles. The second-order valence-electron chi connectivity index (χ2n) is 6.17. The van der Waals surface area contributed by atoms with Crippen LogP contribution in [0.15, 0.2) is 0 Å². The summed E-state index contributed by atoms with van der Waals surface area (Å²) in [5.41, 5.74) is 5.69. The zero-order valence-corrected chi connectivity index (χ0v) is 14.0. The first-order valence-corrected chi connectivity index (χ1v) is 7.92. The van der Waals surface area contributed by atoms with E-state index in [0.717, 1.165) is 71.4 Å². The Balaban J connectivity index is 0.00000220. The van der Waals surface area contributed by atoms with Gasteiger partial charge in [0.05, 0.1) is 12.0 Å². The van der Waals surface area contributed by atoms with E-state index >= 15 is 0 Å². The molecule has 1 heterocycles. The van der Waals surface area contributed by atoms with Crippen LogP contribution in [-0.4, -0.2) is 68.7 Å². The van der Waals surface area contributed by atoms with E-state index in [1.54, 1.807) is 7.11 Å². The van der Waals surface area contributed by atoms with Crippen molar-refractivity contribution in [3.05, 3.63) is 0 Å². The molecule has 1 saturated heterocycles. The van der Waals surface area contributed by atoms with Crippen LogP contribution < -0.4 is 5.73 Å². The van der Waals surface area contributed by atoms with Gasteiger partial charge in [-0.05, 0) is 25.8 Å². The molecule has 6 heteroatoms. The molecule has 0 radical (unpaired) electrons. The smallest absolute Gasteiger partial charge is 0.230 e. The topological polar surface area (TPSA) is 58.8 Å². The highest BCUT2D eigenvalue weighted by Crippen LogP contribution is 2.38. The number of nitrogens with two attached hydrogens (primary N) is 1. The molecular weight excluding hydrogens is 290 g/mol. The van der Waals surface area contributed by atoms with Gasteiger partial charge in [0.2, 0.25) is 5.91 Å². The lowest BCUT2D eigenvalue weighted by atomic mass is 9.84. The highest BCUT2D eigenvalue weighted by molar-refractivity contribution is 5.85. The van der Waals surface area contributed by atoms with Crippen LogP contribution in [0.25, 0.3) is 0 Å². The largest absolute Gasteiger partial charge is 0.383 e. The predicted molar refractivity (Wildman–Crippen MR) is 86.7 cm³/mol. The normalized spacial score (nSPS) is 22.7. The minimum absolute atomic E-state index is 0. The van der Waals surface area contributed by atoms with Crippen molar-refractivity contribution in [3.8, 4) is 0 Å². The average Bonchev–Trinajstić information content (AvgIpc) is 2.84. The number of hydrogen-bond donors (Lipinski definition) is 1. The summed E-state index contributed by atoms with van der Waals surface area (Å²) in [6.45, 7) is 5.96. The number of carbonyl (C=O) groups excluding carboxylic acids is 1. The van der Waals surface area contributed by atoms with Crippen LogP contribution in [0.3, 0.4) is 0 Å². The molecule has 2 fully saturated rings. The van der Waals surface area contributed by atoms with Crippen LogP contribution in [-0.2, 0) is 9.53 Å². The molecule has 1 aliphatic carbocycles. The Morgan fingerprint density at radius 2 is 1.86 bits per heavy atom. The summed E-state index contributed by atoms with van der Waals surface area (Å²) in [6, 6.07) is 0. The number of carbonyl (C=O) groups is 1. The van der Waals surface area contributed by atoms with Crippen molar-refractivity contribution in [3.63, 3.8) is 0 Å². The van der Waals surface area contributed by atoms with Crippen molar-refractivity contribution >= 4 is 18.3 Å². The molecule has 1 aliphatic heterocycles. The molecule has 21 heavy (non-hydrogen) atoms. The van der Waals surface area contributed by atoms with E-state index < -0.39 is 0 Å². The maximum absolute atomic E-state index is 12.8. The Hall–Kier alpha value is -0.360. The average molecular weight is 320 g/mol. The minimum Gasteiger partial charge on any atom is -0.383 e. The van der Waals surface area contributed by atoms with Gasteiger partial charge < -0.3 is 15.4 Å². The molecule has 0 spiro atoms. The molecule has 0 unspecified atom stereocenters. The maximum Gasteiger partial charge on any atom is 0.230 e. The fraction of sp³-hybridized carbons (Fsp3) is 0.933. The Morgan fingerprint density at radius 1 is 1.14 bits per heavy atom. The van der Waals surface area contributed by atoms with E-state index in [9.17, 15) is 4.79 Å². The lowest BCUT2D eigenvalue weighted by Gasteiger charge is -2.33. The van der Waals surface area contributed by atoms with E-state index in [4.69, 9.17) is 10.5 Å². The van der Waals surface area contributed by atoms with Gasteiger partial charge in [0.25, 0.3) is 0 Å².